The molecule has 23 heavy (non-hydrogen) atoms. The number of nitrogens with one attached hydrogen (secondary N) is 1. The number of aryl methyl sites for hydroxylation is 2. The number of amides is 1. The van der Waals surface area contributed by atoms with E-state index in [2.05, 4.69) is 5.32 Å². The van der Waals surface area contributed by atoms with Crippen molar-refractivity contribution in [1.29, 1.82) is 0 Å². The molecule has 0 atom stereocenters. The van der Waals surface area contributed by atoms with Crippen LogP contribution in [-0.4, -0.2) is 5.91 Å². The SMILES string of the molecule is Cc1ccc(C)c(NC(=O)/C=C/c2cccc(C(F)(F)F)c2)c1. The van der Waals surface area contributed by atoms with Crippen LogP contribution in [0.15, 0.2) is 48.5 Å². The number of anilines is 1. The fourth-order valence-corrected chi connectivity index (χ4v) is 2.04. The van der Waals surface area contributed by atoms with Gasteiger partial charge in [0.15, 0.2) is 0 Å². The number of benzene rings is 2. The van der Waals surface area contributed by atoms with Gasteiger partial charge in [0.25, 0.3) is 0 Å². The Bertz CT molecular complexity index is 748. The predicted molar refractivity (Wildman–Crippen MR) is 85.0 cm³/mol. The van der Waals surface area contributed by atoms with Crippen molar-refractivity contribution in [3.8, 4) is 0 Å². The number of carbonyl (C=O) groups excluding carboxylic acids is 1. The Morgan fingerprint density at radius 3 is 2.52 bits per heavy atom. The summed E-state index contributed by atoms with van der Waals surface area (Å²) in [6.07, 6.45) is -1.82. The molecule has 0 saturated carbocycles. The molecule has 0 aliphatic heterocycles. The third kappa shape index (κ3) is 4.71. The van der Waals surface area contributed by atoms with Gasteiger partial charge in [-0.2, -0.15) is 13.2 Å². The van der Waals surface area contributed by atoms with Crippen molar-refractivity contribution in [3.63, 3.8) is 0 Å². The number of carbonyl (C=O) groups is 1. The van der Waals surface area contributed by atoms with E-state index >= 15 is 0 Å². The molecular formula is C18H16F3NO. The first-order valence-electron chi connectivity index (χ1n) is 6.99. The normalized spacial score (nSPS) is 11.7. The lowest BCUT2D eigenvalue weighted by Crippen LogP contribution is -2.09. The zero-order valence-corrected chi connectivity index (χ0v) is 12.7. The quantitative estimate of drug-likeness (QED) is 0.795. The van der Waals surface area contributed by atoms with Gasteiger partial charge in [-0.05, 0) is 54.8 Å². The predicted octanol–water partition coefficient (Wildman–Crippen LogP) is 4.97. The van der Waals surface area contributed by atoms with E-state index in [-0.39, 0.29) is 0 Å². The molecule has 0 spiro atoms. The molecular weight excluding hydrogens is 303 g/mol. The molecule has 0 aliphatic carbocycles. The number of rotatable bonds is 3. The van der Waals surface area contributed by atoms with E-state index in [0.717, 1.165) is 23.3 Å². The first-order valence-corrected chi connectivity index (χ1v) is 6.99. The highest BCUT2D eigenvalue weighted by Gasteiger charge is 2.30. The average molecular weight is 319 g/mol. The standard InChI is InChI=1S/C18H16F3NO/c1-12-6-7-13(2)16(10-12)22-17(23)9-8-14-4-3-5-15(11-14)18(19,20)21/h3-11H,1-2H3,(H,22,23)/b9-8+. The highest BCUT2D eigenvalue weighted by atomic mass is 19.4. The molecule has 1 amide bonds. The van der Waals surface area contributed by atoms with Crippen LogP contribution < -0.4 is 5.32 Å². The van der Waals surface area contributed by atoms with Gasteiger partial charge in [-0.15, -0.1) is 0 Å². The molecule has 0 bridgehead atoms. The zero-order valence-electron chi connectivity index (χ0n) is 12.7. The monoisotopic (exact) mass is 319 g/mol. The molecule has 120 valence electrons. The largest absolute Gasteiger partial charge is 0.416 e. The molecule has 0 radical (unpaired) electrons. The van der Waals surface area contributed by atoms with Gasteiger partial charge in [0.1, 0.15) is 0 Å². The van der Waals surface area contributed by atoms with E-state index in [4.69, 9.17) is 0 Å². The summed E-state index contributed by atoms with van der Waals surface area (Å²) < 4.78 is 37.9. The van der Waals surface area contributed by atoms with Crippen LogP contribution in [0.1, 0.15) is 22.3 Å². The maximum absolute atomic E-state index is 12.6. The first kappa shape index (κ1) is 16.8. The summed E-state index contributed by atoms with van der Waals surface area (Å²) >= 11 is 0. The van der Waals surface area contributed by atoms with E-state index in [1.54, 1.807) is 0 Å². The average Bonchev–Trinajstić information content (AvgIpc) is 2.48. The summed E-state index contributed by atoms with van der Waals surface area (Å²) in [4.78, 5) is 11.9. The van der Waals surface area contributed by atoms with E-state index in [1.807, 2.05) is 32.0 Å². The van der Waals surface area contributed by atoms with Crippen molar-refractivity contribution in [3.05, 3.63) is 70.8 Å². The Morgan fingerprint density at radius 2 is 1.83 bits per heavy atom. The summed E-state index contributed by atoms with van der Waals surface area (Å²) in [5, 5.41) is 2.72. The molecule has 0 saturated heterocycles. The van der Waals surface area contributed by atoms with Crippen LogP contribution >= 0.6 is 0 Å². The van der Waals surface area contributed by atoms with Crippen molar-refractivity contribution >= 4 is 17.7 Å². The highest BCUT2D eigenvalue weighted by molar-refractivity contribution is 6.02. The van der Waals surface area contributed by atoms with Crippen molar-refractivity contribution in [2.75, 3.05) is 5.32 Å². The summed E-state index contributed by atoms with van der Waals surface area (Å²) in [6, 6.07) is 10.5. The maximum Gasteiger partial charge on any atom is 0.416 e. The van der Waals surface area contributed by atoms with Crippen molar-refractivity contribution in [2.24, 2.45) is 0 Å². The van der Waals surface area contributed by atoms with Gasteiger partial charge >= 0.3 is 6.18 Å². The van der Waals surface area contributed by atoms with Gasteiger partial charge < -0.3 is 5.32 Å². The van der Waals surface area contributed by atoms with Gasteiger partial charge in [-0.25, -0.2) is 0 Å². The van der Waals surface area contributed by atoms with Gasteiger partial charge in [0.2, 0.25) is 5.91 Å². The Balaban J connectivity index is 2.11. The number of alkyl halides is 3. The molecule has 2 aromatic rings. The van der Waals surface area contributed by atoms with Crippen LogP contribution in [0.3, 0.4) is 0 Å². The molecule has 5 heteroatoms. The number of hydrogen-bond donors (Lipinski definition) is 1. The molecule has 2 rings (SSSR count). The smallest absolute Gasteiger partial charge is 0.322 e. The van der Waals surface area contributed by atoms with E-state index in [1.165, 1.54) is 24.3 Å². The molecule has 2 nitrogen and oxygen atoms in total. The van der Waals surface area contributed by atoms with Crippen LogP contribution in [0.5, 0.6) is 0 Å². The molecule has 0 heterocycles. The van der Waals surface area contributed by atoms with Crippen molar-refractivity contribution < 1.29 is 18.0 Å². The van der Waals surface area contributed by atoms with Crippen LogP contribution in [0, 0.1) is 13.8 Å². The Morgan fingerprint density at radius 1 is 1.09 bits per heavy atom. The van der Waals surface area contributed by atoms with Crippen molar-refractivity contribution in [2.45, 2.75) is 20.0 Å². The second-order valence-corrected chi connectivity index (χ2v) is 5.26. The van der Waals surface area contributed by atoms with Crippen molar-refractivity contribution in [1.82, 2.24) is 0 Å². The Labute approximate surface area is 132 Å². The van der Waals surface area contributed by atoms with Crippen LogP contribution in [-0.2, 0) is 11.0 Å². The lowest BCUT2D eigenvalue weighted by molar-refractivity contribution is -0.137. The molecule has 0 aromatic heterocycles. The summed E-state index contributed by atoms with van der Waals surface area (Å²) in [6.45, 7) is 3.78. The minimum Gasteiger partial charge on any atom is -0.322 e. The number of halogens is 3. The van der Waals surface area contributed by atoms with Gasteiger partial charge in [0.05, 0.1) is 5.56 Å². The maximum atomic E-state index is 12.6. The molecule has 2 aromatic carbocycles. The minimum absolute atomic E-state index is 0.316. The Hall–Kier alpha value is -2.56. The van der Waals surface area contributed by atoms with Gasteiger partial charge in [-0.3, -0.25) is 4.79 Å². The van der Waals surface area contributed by atoms with Crippen LogP contribution in [0.25, 0.3) is 6.08 Å². The topological polar surface area (TPSA) is 29.1 Å². The third-order valence-corrected chi connectivity index (χ3v) is 3.29. The molecule has 1 N–H and O–H groups in total. The fourth-order valence-electron chi connectivity index (χ4n) is 2.04. The summed E-state index contributed by atoms with van der Waals surface area (Å²) in [5.41, 5.74) is 2.18. The van der Waals surface area contributed by atoms with E-state index in [0.29, 0.717) is 11.3 Å². The minimum atomic E-state index is -4.40. The van der Waals surface area contributed by atoms with Crippen LogP contribution in [0.4, 0.5) is 18.9 Å². The van der Waals surface area contributed by atoms with E-state index < -0.39 is 17.6 Å². The zero-order chi connectivity index (χ0) is 17.0. The highest BCUT2D eigenvalue weighted by Crippen LogP contribution is 2.29. The summed E-state index contributed by atoms with van der Waals surface area (Å²) in [5.74, 6) is -0.392. The van der Waals surface area contributed by atoms with Gasteiger partial charge in [0, 0.05) is 11.8 Å². The second-order valence-electron chi connectivity index (χ2n) is 5.26. The lowest BCUT2D eigenvalue weighted by Gasteiger charge is -2.08. The lowest BCUT2D eigenvalue weighted by atomic mass is 10.1. The van der Waals surface area contributed by atoms with Crippen LogP contribution in [0.2, 0.25) is 0 Å². The molecule has 0 fully saturated rings. The third-order valence-electron chi connectivity index (χ3n) is 3.29. The van der Waals surface area contributed by atoms with E-state index in [9.17, 15) is 18.0 Å². The number of hydrogen-bond acceptors (Lipinski definition) is 1. The molecule has 0 unspecified atom stereocenters. The molecule has 0 aliphatic rings. The first-order chi connectivity index (χ1) is 10.8. The fraction of sp³-hybridized carbons (Fsp3) is 0.167. The summed E-state index contributed by atoms with van der Waals surface area (Å²) in [7, 11) is 0. The van der Waals surface area contributed by atoms with Gasteiger partial charge in [-0.1, -0.05) is 24.3 Å². The second kappa shape index (κ2) is 6.69. The Kier molecular flexibility index (Phi) is 4.89.